The Morgan fingerprint density at radius 2 is 2.38 bits per heavy atom. The lowest BCUT2D eigenvalue weighted by atomic mass is 10.1. The molecule has 2 aromatic heterocycles. The van der Waals surface area contributed by atoms with E-state index in [1.165, 1.54) is 4.80 Å². The Kier molecular flexibility index (Phi) is 3.00. The zero-order valence-corrected chi connectivity index (χ0v) is 9.64. The van der Waals surface area contributed by atoms with Crippen molar-refractivity contribution < 1.29 is 4.42 Å². The van der Waals surface area contributed by atoms with Crippen molar-refractivity contribution in [2.75, 3.05) is 7.05 Å². The third-order valence-electron chi connectivity index (χ3n) is 2.50. The van der Waals surface area contributed by atoms with Crippen LogP contribution in [0.3, 0.4) is 0 Å². The molecule has 2 heterocycles. The second kappa shape index (κ2) is 4.44. The molecular formula is C10H15N5O. The van der Waals surface area contributed by atoms with Gasteiger partial charge in [-0.25, -0.2) is 0 Å². The summed E-state index contributed by atoms with van der Waals surface area (Å²) in [4.78, 5) is 1.46. The van der Waals surface area contributed by atoms with E-state index >= 15 is 0 Å². The molecule has 0 saturated carbocycles. The van der Waals surface area contributed by atoms with Crippen molar-refractivity contribution in [3.05, 3.63) is 29.5 Å². The van der Waals surface area contributed by atoms with E-state index in [1.807, 2.05) is 20.0 Å². The zero-order valence-electron chi connectivity index (χ0n) is 9.64. The van der Waals surface area contributed by atoms with E-state index in [4.69, 9.17) is 4.42 Å². The van der Waals surface area contributed by atoms with Crippen LogP contribution in [0.25, 0.3) is 0 Å². The van der Waals surface area contributed by atoms with Crippen LogP contribution in [-0.2, 0) is 13.5 Å². The van der Waals surface area contributed by atoms with Gasteiger partial charge in [0.1, 0.15) is 5.76 Å². The maximum atomic E-state index is 5.45. The molecule has 0 bridgehead atoms. The number of aromatic nitrogens is 4. The second-order valence-electron chi connectivity index (χ2n) is 3.71. The van der Waals surface area contributed by atoms with Crippen molar-refractivity contribution in [2.24, 2.45) is 7.05 Å². The van der Waals surface area contributed by atoms with Gasteiger partial charge >= 0.3 is 0 Å². The monoisotopic (exact) mass is 221 g/mol. The average Bonchev–Trinajstić information content (AvgIpc) is 2.84. The fourth-order valence-corrected chi connectivity index (χ4v) is 1.65. The average molecular weight is 221 g/mol. The Bertz CT molecular complexity index is 461. The number of tetrazole rings is 1. The summed E-state index contributed by atoms with van der Waals surface area (Å²) in [5.41, 5.74) is 1.13. The number of nitrogens with one attached hydrogen (secondary N) is 1. The molecule has 6 nitrogen and oxygen atoms in total. The van der Waals surface area contributed by atoms with Crippen molar-refractivity contribution >= 4 is 0 Å². The summed E-state index contributed by atoms with van der Waals surface area (Å²) < 4.78 is 5.45. The molecule has 0 spiro atoms. The third kappa shape index (κ3) is 2.11. The van der Waals surface area contributed by atoms with Gasteiger partial charge in [-0.3, -0.25) is 0 Å². The molecular weight excluding hydrogens is 206 g/mol. The number of hydrogen-bond donors (Lipinski definition) is 1. The maximum absolute atomic E-state index is 5.45. The van der Waals surface area contributed by atoms with E-state index < -0.39 is 0 Å². The van der Waals surface area contributed by atoms with Gasteiger partial charge in [0.2, 0.25) is 0 Å². The molecule has 0 fully saturated rings. The number of aryl methyl sites for hydroxylation is 2. The standard InChI is InChI=1S/C10H15N5O/c1-7-4-5-16-10(7)8(11-2)6-9-12-14-15(3)13-9/h4-5,8,11H,6H2,1-3H3. The maximum Gasteiger partial charge on any atom is 0.176 e. The molecule has 1 unspecified atom stereocenters. The fourth-order valence-electron chi connectivity index (χ4n) is 1.65. The summed E-state index contributed by atoms with van der Waals surface area (Å²) >= 11 is 0. The molecule has 0 saturated heterocycles. The molecule has 0 aliphatic carbocycles. The quantitative estimate of drug-likeness (QED) is 0.819. The van der Waals surface area contributed by atoms with Crippen molar-refractivity contribution in [2.45, 2.75) is 19.4 Å². The number of rotatable bonds is 4. The number of nitrogens with zero attached hydrogens (tertiary/aromatic N) is 4. The normalized spacial score (nSPS) is 12.9. The summed E-state index contributed by atoms with van der Waals surface area (Å²) in [6, 6.07) is 2.03. The van der Waals surface area contributed by atoms with Crippen molar-refractivity contribution in [1.82, 2.24) is 25.5 Å². The minimum atomic E-state index is 0.0826. The van der Waals surface area contributed by atoms with E-state index in [2.05, 4.69) is 20.7 Å². The number of likely N-dealkylation sites (N-methyl/N-ethyl adjacent to an activating group) is 1. The topological polar surface area (TPSA) is 68.8 Å². The summed E-state index contributed by atoms with van der Waals surface area (Å²) in [6.07, 6.45) is 2.36. The van der Waals surface area contributed by atoms with Gasteiger partial charge in [0.25, 0.3) is 0 Å². The van der Waals surface area contributed by atoms with Crippen LogP contribution >= 0.6 is 0 Å². The zero-order chi connectivity index (χ0) is 11.5. The van der Waals surface area contributed by atoms with Crippen LogP contribution in [-0.4, -0.2) is 27.3 Å². The highest BCUT2D eigenvalue weighted by Crippen LogP contribution is 2.20. The molecule has 0 aliphatic rings. The lowest BCUT2D eigenvalue weighted by Gasteiger charge is -2.12. The van der Waals surface area contributed by atoms with Crippen LogP contribution in [0.15, 0.2) is 16.7 Å². The molecule has 16 heavy (non-hydrogen) atoms. The van der Waals surface area contributed by atoms with Gasteiger partial charge in [0.15, 0.2) is 5.82 Å². The van der Waals surface area contributed by atoms with Crippen LogP contribution < -0.4 is 5.32 Å². The van der Waals surface area contributed by atoms with Gasteiger partial charge in [0, 0.05) is 6.42 Å². The van der Waals surface area contributed by atoms with Gasteiger partial charge < -0.3 is 9.73 Å². The summed E-state index contributed by atoms with van der Waals surface area (Å²) in [5, 5.41) is 15.1. The Morgan fingerprint density at radius 1 is 1.56 bits per heavy atom. The fraction of sp³-hybridized carbons (Fsp3) is 0.500. The van der Waals surface area contributed by atoms with E-state index in [0.29, 0.717) is 12.2 Å². The number of hydrogen-bond acceptors (Lipinski definition) is 5. The molecule has 0 amide bonds. The summed E-state index contributed by atoms with van der Waals surface area (Å²) in [6.45, 7) is 2.02. The molecule has 0 aliphatic heterocycles. The van der Waals surface area contributed by atoms with Gasteiger partial charge in [-0.05, 0) is 30.8 Å². The lowest BCUT2D eigenvalue weighted by molar-refractivity contribution is 0.421. The minimum Gasteiger partial charge on any atom is -0.467 e. The Balaban J connectivity index is 2.15. The van der Waals surface area contributed by atoms with Crippen LogP contribution in [0.2, 0.25) is 0 Å². The lowest BCUT2D eigenvalue weighted by Crippen LogP contribution is -2.19. The summed E-state index contributed by atoms with van der Waals surface area (Å²) in [7, 11) is 3.64. The Labute approximate surface area is 93.6 Å². The highest BCUT2D eigenvalue weighted by atomic mass is 16.3. The molecule has 2 rings (SSSR count). The van der Waals surface area contributed by atoms with E-state index in [1.54, 1.807) is 13.3 Å². The van der Waals surface area contributed by atoms with Gasteiger partial charge in [-0.1, -0.05) is 0 Å². The number of furan rings is 1. The first kappa shape index (κ1) is 10.8. The first-order valence-corrected chi connectivity index (χ1v) is 5.15. The smallest absolute Gasteiger partial charge is 0.176 e. The van der Waals surface area contributed by atoms with Crippen molar-refractivity contribution in [3.8, 4) is 0 Å². The molecule has 86 valence electrons. The van der Waals surface area contributed by atoms with Crippen molar-refractivity contribution in [3.63, 3.8) is 0 Å². The minimum absolute atomic E-state index is 0.0826. The molecule has 0 radical (unpaired) electrons. The SMILES string of the molecule is CNC(Cc1nnn(C)n1)c1occc1C. The highest BCUT2D eigenvalue weighted by Gasteiger charge is 2.18. The Morgan fingerprint density at radius 3 is 2.88 bits per heavy atom. The second-order valence-corrected chi connectivity index (χ2v) is 3.71. The third-order valence-corrected chi connectivity index (χ3v) is 2.50. The molecule has 1 atom stereocenters. The Hall–Kier alpha value is -1.69. The molecule has 2 aromatic rings. The molecule has 6 heteroatoms. The van der Waals surface area contributed by atoms with Crippen LogP contribution in [0.5, 0.6) is 0 Å². The first-order chi connectivity index (χ1) is 7.70. The van der Waals surface area contributed by atoms with Gasteiger partial charge in [-0.15, -0.1) is 10.2 Å². The van der Waals surface area contributed by atoms with E-state index in [-0.39, 0.29) is 6.04 Å². The predicted molar refractivity (Wildman–Crippen MR) is 57.7 cm³/mol. The first-order valence-electron chi connectivity index (χ1n) is 5.15. The van der Waals surface area contributed by atoms with Crippen LogP contribution in [0.1, 0.15) is 23.2 Å². The molecule has 0 aromatic carbocycles. The van der Waals surface area contributed by atoms with E-state index in [0.717, 1.165) is 11.3 Å². The molecule has 1 N–H and O–H groups in total. The summed E-state index contributed by atoms with van der Waals surface area (Å²) in [5.74, 6) is 1.63. The van der Waals surface area contributed by atoms with Crippen molar-refractivity contribution in [1.29, 1.82) is 0 Å². The van der Waals surface area contributed by atoms with Gasteiger partial charge in [-0.2, -0.15) is 4.80 Å². The highest BCUT2D eigenvalue weighted by molar-refractivity contribution is 5.19. The van der Waals surface area contributed by atoms with Crippen LogP contribution in [0.4, 0.5) is 0 Å². The van der Waals surface area contributed by atoms with Crippen LogP contribution in [0, 0.1) is 6.92 Å². The predicted octanol–water partition coefficient (Wildman–Crippen LogP) is 0.615. The largest absolute Gasteiger partial charge is 0.467 e. The van der Waals surface area contributed by atoms with E-state index in [9.17, 15) is 0 Å². The van der Waals surface area contributed by atoms with Gasteiger partial charge in [0.05, 0.1) is 19.4 Å².